The largest absolute Gasteiger partial charge is 0.479 e. The number of thiazole rings is 1. The Kier molecular flexibility index (Phi) is 4.83. The quantitative estimate of drug-likeness (QED) is 0.672. The molecule has 2 heterocycles. The van der Waals surface area contributed by atoms with Gasteiger partial charge in [-0.2, -0.15) is 0 Å². The van der Waals surface area contributed by atoms with Crippen molar-refractivity contribution in [3.05, 3.63) is 47.1 Å². The fourth-order valence-corrected chi connectivity index (χ4v) is 2.60. The lowest BCUT2D eigenvalue weighted by Gasteiger charge is -2.00. The molecule has 0 radical (unpaired) electrons. The van der Waals surface area contributed by atoms with Gasteiger partial charge in [-0.05, 0) is 30.5 Å². The van der Waals surface area contributed by atoms with Gasteiger partial charge < -0.3 is 9.52 Å². The lowest BCUT2D eigenvalue weighted by molar-refractivity contribution is 0.337. The number of nitrogens with zero attached hydrogens (tertiary/aromatic N) is 3. The van der Waals surface area contributed by atoms with Crippen molar-refractivity contribution in [2.45, 2.75) is 26.2 Å². The third kappa shape index (κ3) is 3.84. The van der Waals surface area contributed by atoms with Crippen LogP contribution in [0.5, 0.6) is 5.95 Å². The number of unbranched alkanes of at least 4 members (excludes halogenated alkanes) is 1. The molecule has 1 aromatic carbocycles. The molecule has 2 aromatic heterocycles. The summed E-state index contributed by atoms with van der Waals surface area (Å²) >= 11 is 1.41. The fourth-order valence-electron chi connectivity index (χ4n) is 2.12. The Morgan fingerprint density at radius 3 is 2.83 bits per heavy atom. The summed E-state index contributed by atoms with van der Waals surface area (Å²) in [6, 6.07) is 8.04. The highest BCUT2D eigenvalue weighted by Gasteiger charge is 2.12. The summed E-state index contributed by atoms with van der Waals surface area (Å²) in [4.78, 5) is 12.5. The molecule has 5 nitrogen and oxygen atoms in total. The van der Waals surface area contributed by atoms with Crippen molar-refractivity contribution in [2.75, 3.05) is 0 Å². The first-order valence-electron chi connectivity index (χ1n) is 7.49. The molecule has 0 saturated carbocycles. The first kappa shape index (κ1) is 15.4. The molecule has 0 saturated heterocycles. The van der Waals surface area contributed by atoms with Crippen molar-refractivity contribution >= 4 is 22.7 Å². The van der Waals surface area contributed by atoms with E-state index in [0.29, 0.717) is 16.7 Å². The minimum atomic E-state index is -0.240. The van der Waals surface area contributed by atoms with Crippen LogP contribution in [0.25, 0.3) is 11.5 Å². The maximum atomic E-state index is 9.85. The van der Waals surface area contributed by atoms with Crippen LogP contribution in [-0.4, -0.2) is 21.3 Å². The number of aromatic hydroxyl groups is 1. The van der Waals surface area contributed by atoms with Crippen LogP contribution in [0.15, 0.2) is 45.3 Å². The molecule has 6 heteroatoms. The molecule has 0 amide bonds. The Morgan fingerprint density at radius 1 is 1.30 bits per heavy atom. The molecule has 0 spiro atoms. The molecule has 0 aliphatic heterocycles. The topological polar surface area (TPSA) is 71.5 Å². The van der Waals surface area contributed by atoms with Gasteiger partial charge in [0.25, 0.3) is 0 Å². The summed E-state index contributed by atoms with van der Waals surface area (Å²) < 4.78 is 5.33. The number of aliphatic imine (C=N–C) groups is 1. The summed E-state index contributed by atoms with van der Waals surface area (Å²) in [7, 11) is 0. The van der Waals surface area contributed by atoms with Gasteiger partial charge in [-0.3, -0.25) is 0 Å². The van der Waals surface area contributed by atoms with Crippen LogP contribution in [0.4, 0.5) is 5.13 Å². The van der Waals surface area contributed by atoms with Crippen LogP contribution in [0, 0.1) is 0 Å². The van der Waals surface area contributed by atoms with Crippen LogP contribution in [0.2, 0.25) is 0 Å². The summed E-state index contributed by atoms with van der Waals surface area (Å²) in [5, 5.41) is 12.3. The Balaban J connectivity index is 1.77. The monoisotopic (exact) mass is 327 g/mol. The minimum Gasteiger partial charge on any atom is -0.479 e. The van der Waals surface area contributed by atoms with E-state index in [0.717, 1.165) is 12.0 Å². The molecule has 3 aromatic rings. The molecule has 0 aliphatic carbocycles. The molecule has 1 N–H and O–H groups in total. The highest BCUT2D eigenvalue weighted by molar-refractivity contribution is 7.13. The lowest BCUT2D eigenvalue weighted by atomic mass is 10.1. The summed E-state index contributed by atoms with van der Waals surface area (Å²) in [6.45, 7) is 2.18. The van der Waals surface area contributed by atoms with Crippen molar-refractivity contribution in [3.8, 4) is 17.4 Å². The zero-order valence-corrected chi connectivity index (χ0v) is 13.6. The Labute approximate surface area is 138 Å². The number of rotatable bonds is 6. The number of hydrogen-bond acceptors (Lipinski definition) is 6. The van der Waals surface area contributed by atoms with Gasteiger partial charge in [-0.15, -0.1) is 11.3 Å². The molecule has 0 bridgehead atoms. The van der Waals surface area contributed by atoms with Crippen molar-refractivity contribution in [1.82, 2.24) is 9.97 Å². The normalized spacial score (nSPS) is 11.3. The molecule has 0 fully saturated rings. The molecule has 3 rings (SSSR count). The smallest absolute Gasteiger partial charge is 0.312 e. The van der Waals surface area contributed by atoms with Crippen molar-refractivity contribution < 1.29 is 9.52 Å². The van der Waals surface area contributed by atoms with Crippen LogP contribution in [-0.2, 0) is 6.42 Å². The van der Waals surface area contributed by atoms with Gasteiger partial charge in [0.2, 0.25) is 11.0 Å². The second-order valence-corrected chi connectivity index (χ2v) is 5.96. The molecule has 0 unspecified atom stereocenters. The predicted octanol–water partition coefficient (Wildman–Crippen LogP) is 4.60. The molecule has 23 heavy (non-hydrogen) atoms. The van der Waals surface area contributed by atoms with Gasteiger partial charge in [0.05, 0.1) is 6.21 Å². The summed E-state index contributed by atoms with van der Waals surface area (Å²) in [5.74, 6) is 0.139. The van der Waals surface area contributed by atoms with Crippen LogP contribution < -0.4 is 0 Å². The maximum Gasteiger partial charge on any atom is 0.312 e. The van der Waals surface area contributed by atoms with Crippen molar-refractivity contribution in [3.63, 3.8) is 0 Å². The van der Waals surface area contributed by atoms with Gasteiger partial charge in [0.1, 0.15) is 0 Å². The van der Waals surface area contributed by atoms with E-state index < -0.39 is 0 Å². The van der Waals surface area contributed by atoms with E-state index in [1.54, 1.807) is 6.20 Å². The van der Waals surface area contributed by atoms with E-state index in [2.05, 4.69) is 34.0 Å². The first-order chi connectivity index (χ1) is 11.3. The number of hydrogen-bond donors (Lipinski definition) is 1. The highest BCUT2D eigenvalue weighted by atomic mass is 32.1. The Morgan fingerprint density at radius 2 is 2.13 bits per heavy atom. The number of aryl methyl sites for hydroxylation is 1. The minimum absolute atomic E-state index is 0.240. The van der Waals surface area contributed by atoms with E-state index in [-0.39, 0.29) is 5.95 Å². The van der Waals surface area contributed by atoms with Gasteiger partial charge in [0.15, 0.2) is 5.69 Å². The van der Waals surface area contributed by atoms with Crippen molar-refractivity contribution in [1.29, 1.82) is 0 Å². The molecule has 0 atom stereocenters. The highest BCUT2D eigenvalue weighted by Crippen LogP contribution is 2.26. The van der Waals surface area contributed by atoms with E-state index in [4.69, 9.17) is 4.42 Å². The average Bonchev–Trinajstić information content (AvgIpc) is 3.21. The fraction of sp³-hybridized carbons (Fsp3) is 0.235. The van der Waals surface area contributed by atoms with Gasteiger partial charge in [-0.1, -0.05) is 25.5 Å². The summed E-state index contributed by atoms with van der Waals surface area (Å²) in [6.07, 6.45) is 6.55. The second kappa shape index (κ2) is 7.19. The molecule has 0 aliphatic rings. The predicted molar refractivity (Wildman–Crippen MR) is 91.6 cm³/mol. The average molecular weight is 327 g/mol. The standard InChI is InChI=1S/C17H17N3O2S/c1-2-3-4-12-5-7-13(8-6-12)15-20-14(16(21)22-15)11-19-17-18-9-10-23-17/h5-11,21H,2-4H2,1H3. The molecular weight excluding hydrogens is 310 g/mol. The molecule has 118 valence electrons. The Bertz CT molecular complexity index is 777. The zero-order valence-electron chi connectivity index (χ0n) is 12.8. The van der Waals surface area contributed by atoms with Gasteiger partial charge in [0, 0.05) is 17.1 Å². The van der Waals surface area contributed by atoms with Crippen LogP contribution in [0.3, 0.4) is 0 Å². The first-order valence-corrected chi connectivity index (χ1v) is 8.37. The van der Waals surface area contributed by atoms with Crippen LogP contribution >= 0.6 is 11.3 Å². The van der Waals surface area contributed by atoms with E-state index in [1.807, 2.05) is 17.5 Å². The third-order valence-corrected chi connectivity index (χ3v) is 4.05. The van der Waals surface area contributed by atoms with Crippen LogP contribution in [0.1, 0.15) is 31.0 Å². The Hall–Kier alpha value is -2.47. The SMILES string of the molecule is CCCCc1ccc(-c2nc(C=Nc3nccs3)c(O)o2)cc1. The van der Waals surface area contributed by atoms with E-state index in [1.165, 1.54) is 36.0 Å². The third-order valence-electron chi connectivity index (χ3n) is 3.37. The molecular formula is C17H17N3O2S. The number of oxazole rings is 1. The van der Waals surface area contributed by atoms with E-state index in [9.17, 15) is 5.11 Å². The van der Waals surface area contributed by atoms with Gasteiger partial charge >= 0.3 is 5.95 Å². The van der Waals surface area contributed by atoms with Gasteiger partial charge in [-0.25, -0.2) is 15.0 Å². The summed E-state index contributed by atoms with van der Waals surface area (Å²) in [5.41, 5.74) is 2.41. The zero-order chi connectivity index (χ0) is 16.1. The maximum absolute atomic E-state index is 9.85. The van der Waals surface area contributed by atoms with Crippen molar-refractivity contribution in [2.24, 2.45) is 4.99 Å². The second-order valence-electron chi connectivity index (χ2n) is 5.08. The van der Waals surface area contributed by atoms with E-state index >= 15 is 0 Å². The number of aromatic nitrogens is 2. The number of benzene rings is 1. The lowest BCUT2D eigenvalue weighted by Crippen LogP contribution is -1.86.